The number of hydrogen-bond donors (Lipinski definition) is 0. The Balaban J connectivity index is 1.49. The topological polar surface area (TPSA) is 35.5 Å². The van der Waals surface area contributed by atoms with E-state index in [0.29, 0.717) is 0 Å². The molecular formula is C14H23N5. The Morgan fingerprint density at radius 1 is 1.16 bits per heavy atom. The molecule has 0 unspecified atom stereocenters. The zero-order valence-electron chi connectivity index (χ0n) is 11.7. The molecule has 2 fully saturated rings. The molecule has 2 saturated heterocycles. The summed E-state index contributed by atoms with van der Waals surface area (Å²) in [5, 5.41) is 0. The molecule has 3 rings (SSSR count). The number of aromatic nitrogens is 2. The van der Waals surface area contributed by atoms with Gasteiger partial charge in [-0.2, -0.15) is 0 Å². The maximum atomic E-state index is 4.38. The van der Waals surface area contributed by atoms with E-state index in [-0.39, 0.29) is 0 Å². The highest BCUT2D eigenvalue weighted by molar-refractivity contribution is 5.35. The second kappa shape index (κ2) is 5.84. The number of anilines is 1. The average Bonchev–Trinajstić information content (AvgIpc) is 2.86. The van der Waals surface area contributed by atoms with E-state index in [1.807, 2.05) is 6.20 Å². The number of likely N-dealkylation sites (tertiary alicyclic amines) is 1. The Kier molecular flexibility index (Phi) is 3.94. The molecule has 0 saturated carbocycles. The molecule has 1 atom stereocenters. The minimum absolute atomic E-state index is 0.767. The van der Waals surface area contributed by atoms with E-state index in [1.54, 1.807) is 12.4 Å². The van der Waals surface area contributed by atoms with Crippen molar-refractivity contribution in [3.05, 3.63) is 18.6 Å². The molecule has 1 aromatic heterocycles. The summed E-state index contributed by atoms with van der Waals surface area (Å²) in [6, 6.07) is 0.767. The van der Waals surface area contributed by atoms with Gasteiger partial charge in [-0.15, -0.1) is 0 Å². The lowest BCUT2D eigenvalue weighted by Crippen LogP contribution is -2.50. The van der Waals surface area contributed by atoms with Gasteiger partial charge in [0, 0.05) is 51.2 Å². The maximum absolute atomic E-state index is 4.38. The minimum atomic E-state index is 0.767. The first kappa shape index (κ1) is 12.8. The van der Waals surface area contributed by atoms with Gasteiger partial charge in [-0.05, 0) is 26.4 Å². The van der Waals surface area contributed by atoms with Crippen LogP contribution in [-0.2, 0) is 0 Å². The first-order chi connectivity index (χ1) is 9.33. The maximum Gasteiger partial charge on any atom is 0.147 e. The smallest absolute Gasteiger partial charge is 0.147 e. The summed E-state index contributed by atoms with van der Waals surface area (Å²) in [7, 11) is 2.26. The van der Waals surface area contributed by atoms with Gasteiger partial charge in [0.25, 0.3) is 0 Å². The second-order valence-electron chi connectivity index (χ2n) is 5.63. The molecule has 0 bridgehead atoms. The summed E-state index contributed by atoms with van der Waals surface area (Å²) in [5.74, 6) is 1.01. The average molecular weight is 261 g/mol. The fourth-order valence-electron chi connectivity index (χ4n) is 3.12. The van der Waals surface area contributed by atoms with Gasteiger partial charge in [0.05, 0.1) is 6.20 Å². The van der Waals surface area contributed by atoms with Crippen LogP contribution in [0.3, 0.4) is 0 Å². The molecule has 104 valence electrons. The molecule has 19 heavy (non-hydrogen) atoms. The molecule has 0 aromatic carbocycles. The van der Waals surface area contributed by atoms with Gasteiger partial charge in [-0.3, -0.25) is 9.88 Å². The Morgan fingerprint density at radius 2 is 2.00 bits per heavy atom. The predicted molar refractivity (Wildman–Crippen MR) is 76.3 cm³/mol. The van der Waals surface area contributed by atoms with Crippen molar-refractivity contribution in [2.24, 2.45) is 0 Å². The SMILES string of the molecule is CN1CCC[C@H]1CN1CCN(c2cnccn2)CC1. The van der Waals surface area contributed by atoms with Gasteiger partial charge in [-0.25, -0.2) is 4.98 Å². The van der Waals surface area contributed by atoms with E-state index in [0.717, 1.165) is 38.0 Å². The van der Waals surface area contributed by atoms with Crippen LogP contribution in [0.15, 0.2) is 18.6 Å². The quantitative estimate of drug-likeness (QED) is 0.800. The highest BCUT2D eigenvalue weighted by Crippen LogP contribution is 2.17. The molecule has 2 aliphatic heterocycles. The summed E-state index contributed by atoms with van der Waals surface area (Å²) in [6.07, 6.45) is 8.09. The number of nitrogens with zero attached hydrogens (tertiary/aromatic N) is 5. The monoisotopic (exact) mass is 261 g/mol. The Hall–Kier alpha value is -1.20. The first-order valence-corrected chi connectivity index (χ1v) is 7.26. The van der Waals surface area contributed by atoms with Crippen molar-refractivity contribution < 1.29 is 0 Å². The van der Waals surface area contributed by atoms with E-state index < -0.39 is 0 Å². The lowest BCUT2D eigenvalue weighted by Gasteiger charge is -2.37. The number of likely N-dealkylation sites (N-methyl/N-ethyl adjacent to an activating group) is 1. The van der Waals surface area contributed by atoms with Gasteiger partial charge < -0.3 is 9.80 Å². The van der Waals surface area contributed by atoms with E-state index in [4.69, 9.17) is 0 Å². The predicted octanol–water partition coefficient (Wildman–Crippen LogP) is 0.693. The summed E-state index contributed by atoms with van der Waals surface area (Å²) in [4.78, 5) is 16.0. The molecule has 5 nitrogen and oxygen atoms in total. The fourth-order valence-corrected chi connectivity index (χ4v) is 3.12. The standard InChI is InChI=1S/C14H23N5/c1-17-6-2-3-13(17)12-18-7-9-19(10-8-18)14-11-15-4-5-16-14/h4-5,11,13H,2-3,6-10,12H2,1H3/t13-/m0/s1. The summed E-state index contributed by atoms with van der Waals surface area (Å²) in [5.41, 5.74) is 0. The summed E-state index contributed by atoms with van der Waals surface area (Å²) in [6.45, 7) is 6.90. The van der Waals surface area contributed by atoms with Crippen LogP contribution >= 0.6 is 0 Å². The molecule has 2 aliphatic rings. The minimum Gasteiger partial charge on any atom is -0.353 e. The van der Waals surface area contributed by atoms with Gasteiger partial charge in [0.15, 0.2) is 0 Å². The molecule has 0 aliphatic carbocycles. The van der Waals surface area contributed by atoms with Gasteiger partial charge in [-0.1, -0.05) is 0 Å². The molecule has 5 heteroatoms. The van der Waals surface area contributed by atoms with Crippen LogP contribution in [0.1, 0.15) is 12.8 Å². The lowest BCUT2D eigenvalue weighted by atomic mass is 10.2. The fraction of sp³-hybridized carbons (Fsp3) is 0.714. The van der Waals surface area contributed by atoms with Gasteiger partial charge in [0.2, 0.25) is 0 Å². The van der Waals surface area contributed by atoms with Crippen molar-refractivity contribution in [3.63, 3.8) is 0 Å². The zero-order valence-corrected chi connectivity index (χ0v) is 11.7. The van der Waals surface area contributed by atoms with E-state index in [2.05, 4.69) is 31.7 Å². The largest absolute Gasteiger partial charge is 0.353 e. The van der Waals surface area contributed by atoms with Crippen LogP contribution in [0, 0.1) is 0 Å². The van der Waals surface area contributed by atoms with Crippen molar-refractivity contribution >= 4 is 5.82 Å². The normalized spacial score (nSPS) is 25.9. The highest BCUT2D eigenvalue weighted by Gasteiger charge is 2.25. The molecule has 0 spiro atoms. The highest BCUT2D eigenvalue weighted by atomic mass is 15.3. The summed E-state index contributed by atoms with van der Waals surface area (Å²) >= 11 is 0. The Labute approximate surface area is 115 Å². The van der Waals surface area contributed by atoms with Crippen molar-refractivity contribution in [1.82, 2.24) is 19.8 Å². The molecule has 0 N–H and O–H groups in total. The van der Waals surface area contributed by atoms with Crippen LogP contribution < -0.4 is 4.90 Å². The van der Waals surface area contributed by atoms with E-state index >= 15 is 0 Å². The lowest BCUT2D eigenvalue weighted by molar-refractivity contribution is 0.185. The number of hydrogen-bond acceptors (Lipinski definition) is 5. The van der Waals surface area contributed by atoms with Crippen LogP contribution in [0.4, 0.5) is 5.82 Å². The van der Waals surface area contributed by atoms with Crippen molar-refractivity contribution in [2.45, 2.75) is 18.9 Å². The van der Waals surface area contributed by atoms with Crippen molar-refractivity contribution in [2.75, 3.05) is 51.2 Å². The van der Waals surface area contributed by atoms with Crippen LogP contribution in [0.2, 0.25) is 0 Å². The first-order valence-electron chi connectivity index (χ1n) is 7.26. The third kappa shape index (κ3) is 3.04. The van der Waals surface area contributed by atoms with Crippen molar-refractivity contribution in [1.29, 1.82) is 0 Å². The second-order valence-corrected chi connectivity index (χ2v) is 5.63. The Morgan fingerprint density at radius 3 is 2.63 bits per heavy atom. The zero-order chi connectivity index (χ0) is 13.1. The van der Waals surface area contributed by atoms with Crippen LogP contribution in [0.5, 0.6) is 0 Å². The van der Waals surface area contributed by atoms with Crippen molar-refractivity contribution in [3.8, 4) is 0 Å². The molecular weight excluding hydrogens is 238 g/mol. The van der Waals surface area contributed by atoms with Crippen LogP contribution in [0.25, 0.3) is 0 Å². The summed E-state index contributed by atoms with van der Waals surface area (Å²) < 4.78 is 0. The molecule has 0 radical (unpaired) electrons. The van der Waals surface area contributed by atoms with Gasteiger partial charge >= 0.3 is 0 Å². The molecule has 0 amide bonds. The van der Waals surface area contributed by atoms with E-state index in [9.17, 15) is 0 Å². The molecule has 3 heterocycles. The Bertz CT molecular complexity index is 388. The number of rotatable bonds is 3. The number of piperazine rings is 1. The van der Waals surface area contributed by atoms with Gasteiger partial charge in [0.1, 0.15) is 5.82 Å². The third-order valence-corrected chi connectivity index (χ3v) is 4.39. The van der Waals surface area contributed by atoms with E-state index in [1.165, 1.54) is 25.9 Å². The third-order valence-electron chi connectivity index (χ3n) is 4.39. The van der Waals surface area contributed by atoms with Crippen LogP contribution in [-0.4, -0.2) is 72.1 Å². The molecule has 1 aromatic rings.